The second kappa shape index (κ2) is 6.92. The first-order chi connectivity index (χ1) is 12.2. The third-order valence-corrected chi connectivity index (χ3v) is 4.95. The first-order valence-corrected chi connectivity index (χ1v) is 10.3. The van der Waals surface area contributed by atoms with E-state index < -0.39 is 9.84 Å². The van der Waals surface area contributed by atoms with Gasteiger partial charge in [0, 0.05) is 11.9 Å². The molecule has 0 aliphatic rings. The van der Waals surface area contributed by atoms with Gasteiger partial charge in [0.2, 0.25) is 5.91 Å². The summed E-state index contributed by atoms with van der Waals surface area (Å²) in [6.45, 7) is 3.87. The number of nitrogens with zero attached hydrogens (tertiary/aromatic N) is 2. The minimum atomic E-state index is -3.27. The fourth-order valence-corrected chi connectivity index (χ4v) is 3.67. The highest BCUT2D eigenvalue weighted by atomic mass is 32.2. The van der Waals surface area contributed by atoms with Crippen LogP contribution < -0.4 is 5.32 Å². The average molecular weight is 371 g/mol. The zero-order valence-corrected chi connectivity index (χ0v) is 15.8. The molecule has 1 heterocycles. The number of rotatable bonds is 5. The number of nitrogens with one attached hydrogen (secondary N) is 1. The molecule has 0 aliphatic carbocycles. The summed E-state index contributed by atoms with van der Waals surface area (Å²) < 4.78 is 25.1. The van der Waals surface area contributed by atoms with Gasteiger partial charge in [-0.2, -0.15) is 0 Å². The first kappa shape index (κ1) is 18.1. The highest BCUT2D eigenvalue weighted by Gasteiger charge is 2.18. The monoisotopic (exact) mass is 371 g/mol. The Morgan fingerprint density at radius 1 is 1.08 bits per heavy atom. The van der Waals surface area contributed by atoms with Crippen LogP contribution in [0.4, 0.5) is 5.69 Å². The Morgan fingerprint density at radius 3 is 2.38 bits per heavy atom. The minimum absolute atomic E-state index is 0.000852. The number of carbonyl (C=O) groups excluding carboxylic acids is 1. The number of imidazole rings is 1. The van der Waals surface area contributed by atoms with Crippen molar-refractivity contribution >= 4 is 32.5 Å². The number of benzene rings is 2. The third-order valence-electron chi connectivity index (χ3n) is 4.17. The van der Waals surface area contributed by atoms with Gasteiger partial charge in [-0.3, -0.25) is 4.79 Å². The van der Waals surface area contributed by atoms with Gasteiger partial charge in [0.25, 0.3) is 0 Å². The lowest BCUT2D eigenvalue weighted by atomic mass is 10.1. The van der Waals surface area contributed by atoms with Crippen molar-refractivity contribution < 1.29 is 13.2 Å². The van der Waals surface area contributed by atoms with Crippen molar-refractivity contribution in [3.8, 4) is 0 Å². The molecule has 0 aliphatic heterocycles. The van der Waals surface area contributed by atoms with E-state index in [9.17, 15) is 13.2 Å². The fraction of sp³-hybridized carbons (Fsp3) is 0.263. The number of amides is 1. The predicted octanol–water partition coefficient (Wildman–Crippen LogP) is 2.84. The number of anilines is 1. The highest BCUT2D eigenvalue weighted by Crippen LogP contribution is 2.21. The van der Waals surface area contributed by atoms with Gasteiger partial charge in [0.1, 0.15) is 18.1 Å². The normalized spacial score (nSPS) is 11.7. The second-order valence-electron chi connectivity index (χ2n) is 6.49. The van der Waals surface area contributed by atoms with E-state index in [0.29, 0.717) is 11.3 Å². The summed E-state index contributed by atoms with van der Waals surface area (Å²) in [6.07, 6.45) is 1.16. The van der Waals surface area contributed by atoms with E-state index in [-0.39, 0.29) is 18.2 Å². The maximum atomic E-state index is 12.6. The molecule has 136 valence electrons. The number of fused-ring (bicyclic) bond motifs is 1. The van der Waals surface area contributed by atoms with Crippen LogP contribution in [0.25, 0.3) is 11.0 Å². The summed E-state index contributed by atoms with van der Waals surface area (Å²) in [5.74, 6) is -0.0658. The number of aryl methyl sites for hydroxylation is 2. The Balaban J connectivity index is 1.94. The molecule has 3 aromatic rings. The number of para-hydroxylation sites is 3. The van der Waals surface area contributed by atoms with E-state index in [2.05, 4.69) is 10.3 Å². The molecule has 3 rings (SSSR count). The van der Waals surface area contributed by atoms with Gasteiger partial charge in [-0.05, 0) is 37.1 Å². The van der Waals surface area contributed by atoms with Gasteiger partial charge in [0.15, 0.2) is 9.84 Å². The molecule has 7 heteroatoms. The molecule has 0 spiro atoms. The minimum Gasteiger partial charge on any atom is -0.324 e. The second-order valence-corrected chi connectivity index (χ2v) is 8.63. The molecule has 1 N–H and O–H groups in total. The van der Waals surface area contributed by atoms with Gasteiger partial charge >= 0.3 is 0 Å². The number of sulfone groups is 1. The van der Waals surface area contributed by atoms with E-state index >= 15 is 0 Å². The number of carbonyl (C=O) groups is 1. The van der Waals surface area contributed by atoms with Crippen LogP contribution >= 0.6 is 0 Å². The average Bonchev–Trinajstić information content (AvgIpc) is 2.87. The quantitative estimate of drug-likeness (QED) is 0.748. The fourth-order valence-electron chi connectivity index (χ4n) is 2.98. The SMILES string of the molecule is Cc1cccc(C)c1NC(=O)Cn1c(CS(C)(=O)=O)nc2ccccc21. The molecule has 26 heavy (non-hydrogen) atoms. The van der Waals surface area contributed by atoms with Gasteiger partial charge in [0.05, 0.1) is 11.0 Å². The Bertz CT molecular complexity index is 1060. The summed E-state index contributed by atoms with van der Waals surface area (Å²) in [5.41, 5.74) is 4.15. The van der Waals surface area contributed by atoms with Crippen molar-refractivity contribution in [2.24, 2.45) is 0 Å². The topological polar surface area (TPSA) is 81.1 Å². The Hall–Kier alpha value is -2.67. The van der Waals surface area contributed by atoms with Gasteiger partial charge in [-0.1, -0.05) is 30.3 Å². The van der Waals surface area contributed by atoms with Crippen LogP contribution in [0.1, 0.15) is 17.0 Å². The molecular formula is C19H21N3O3S. The summed E-state index contributed by atoms with van der Waals surface area (Å²) in [5, 5.41) is 2.93. The Kier molecular flexibility index (Phi) is 4.82. The summed E-state index contributed by atoms with van der Waals surface area (Å²) in [7, 11) is -3.27. The van der Waals surface area contributed by atoms with Crippen molar-refractivity contribution in [3.63, 3.8) is 0 Å². The van der Waals surface area contributed by atoms with Crippen molar-refractivity contribution in [1.29, 1.82) is 0 Å². The van der Waals surface area contributed by atoms with Gasteiger partial charge < -0.3 is 9.88 Å². The van der Waals surface area contributed by atoms with Crippen LogP contribution in [-0.4, -0.2) is 30.1 Å². The van der Waals surface area contributed by atoms with Crippen LogP contribution in [0.3, 0.4) is 0 Å². The summed E-state index contributed by atoms with van der Waals surface area (Å²) in [6, 6.07) is 13.1. The smallest absolute Gasteiger partial charge is 0.244 e. The molecule has 1 aromatic heterocycles. The number of hydrogen-bond donors (Lipinski definition) is 1. The molecular weight excluding hydrogens is 350 g/mol. The summed E-state index contributed by atoms with van der Waals surface area (Å²) >= 11 is 0. The lowest BCUT2D eigenvalue weighted by molar-refractivity contribution is -0.116. The standard InChI is InChI=1S/C19H21N3O3S/c1-13-7-6-8-14(2)19(13)21-18(23)11-22-16-10-5-4-9-15(16)20-17(22)12-26(3,24)25/h4-10H,11-12H2,1-3H3,(H,21,23). The molecule has 0 bridgehead atoms. The Labute approximate surface area is 152 Å². The van der Waals surface area contributed by atoms with Crippen LogP contribution in [0.2, 0.25) is 0 Å². The molecule has 2 aromatic carbocycles. The van der Waals surface area contributed by atoms with E-state index in [0.717, 1.165) is 28.6 Å². The number of aromatic nitrogens is 2. The third kappa shape index (κ3) is 3.94. The predicted molar refractivity (Wildman–Crippen MR) is 103 cm³/mol. The Morgan fingerprint density at radius 2 is 1.73 bits per heavy atom. The van der Waals surface area contributed by atoms with Crippen LogP contribution in [0, 0.1) is 13.8 Å². The van der Waals surface area contributed by atoms with Crippen LogP contribution in [0.5, 0.6) is 0 Å². The van der Waals surface area contributed by atoms with E-state index in [4.69, 9.17) is 0 Å². The van der Waals surface area contributed by atoms with Crippen molar-refractivity contribution in [3.05, 3.63) is 59.4 Å². The molecule has 0 unspecified atom stereocenters. The first-order valence-electron chi connectivity index (χ1n) is 8.22. The maximum Gasteiger partial charge on any atom is 0.244 e. The molecule has 0 fully saturated rings. The zero-order chi connectivity index (χ0) is 18.9. The van der Waals surface area contributed by atoms with Crippen LogP contribution in [-0.2, 0) is 26.9 Å². The molecule has 0 atom stereocenters. The van der Waals surface area contributed by atoms with E-state index in [1.54, 1.807) is 10.6 Å². The molecule has 0 saturated carbocycles. The zero-order valence-electron chi connectivity index (χ0n) is 15.0. The maximum absolute atomic E-state index is 12.6. The van der Waals surface area contributed by atoms with Gasteiger partial charge in [-0.25, -0.2) is 13.4 Å². The van der Waals surface area contributed by atoms with Crippen LogP contribution in [0.15, 0.2) is 42.5 Å². The molecule has 0 radical (unpaired) electrons. The summed E-state index contributed by atoms with van der Waals surface area (Å²) in [4.78, 5) is 17.0. The van der Waals surface area contributed by atoms with Gasteiger partial charge in [-0.15, -0.1) is 0 Å². The molecule has 6 nitrogen and oxygen atoms in total. The van der Waals surface area contributed by atoms with E-state index in [1.165, 1.54) is 0 Å². The largest absolute Gasteiger partial charge is 0.324 e. The van der Waals surface area contributed by atoms with E-state index in [1.807, 2.05) is 50.2 Å². The lowest BCUT2D eigenvalue weighted by Gasteiger charge is -2.13. The molecule has 0 saturated heterocycles. The van der Waals surface area contributed by atoms with Crippen molar-refractivity contribution in [2.75, 3.05) is 11.6 Å². The van der Waals surface area contributed by atoms with Crippen molar-refractivity contribution in [1.82, 2.24) is 9.55 Å². The van der Waals surface area contributed by atoms with Crippen molar-refractivity contribution in [2.45, 2.75) is 26.1 Å². The lowest BCUT2D eigenvalue weighted by Crippen LogP contribution is -2.22. The highest BCUT2D eigenvalue weighted by molar-refractivity contribution is 7.89. The molecule has 1 amide bonds. The number of hydrogen-bond acceptors (Lipinski definition) is 4.